The number of anilines is 2. The van der Waals surface area contributed by atoms with Gasteiger partial charge < -0.3 is 21.1 Å². The van der Waals surface area contributed by atoms with E-state index in [1.54, 1.807) is 18.5 Å². The second-order valence-electron chi connectivity index (χ2n) is 7.60. The van der Waals surface area contributed by atoms with Gasteiger partial charge in [-0.25, -0.2) is 15.0 Å². The van der Waals surface area contributed by atoms with Crippen LogP contribution in [0.4, 0.5) is 11.6 Å². The van der Waals surface area contributed by atoms with Gasteiger partial charge in [0, 0.05) is 44.5 Å². The highest BCUT2D eigenvalue weighted by Gasteiger charge is 2.14. The van der Waals surface area contributed by atoms with Crippen molar-refractivity contribution < 1.29 is 4.74 Å². The Morgan fingerprint density at radius 3 is 2.47 bits per heavy atom. The van der Waals surface area contributed by atoms with Crippen molar-refractivity contribution >= 4 is 11.6 Å². The number of hydrogen-bond acceptors (Lipinski definition) is 8. The standard InChI is InChI=1S/C22H27N7O/c1-28-8-10-29(11-9-28)14-16-2-4-18(5-3-16)19-13-26-21(24)22(27-19)30-15-17-6-7-25-20(23)12-17/h2-7,12-13H,8-11,14-15H2,1H3,(H2,23,25)(H2,24,26). The number of ether oxygens (including phenoxy) is 1. The molecule has 2 aromatic heterocycles. The number of pyridine rings is 1. The molecular weight excluding hydrogens is 378 g/mol. The summed E-state index contributed by atoms with van der Waals surface area (Å²) in [5.74, 6) is 1.01. The van der Waals surface area contributed by atoms with Gasteiger partial charge in [-0.1, -0.05) is 24.3 Å². The molecule has 0 radical (unpaired) electrons. The van der Waals surface area contributed by atoms with Crippen LogP contribution in [0.25, 0.3) is 11.3 Å². The zero-order valence-corrected chi connectivity index (χ0v) is 17.2. The van der Waals surface area contributed by atoms with Crippen LogP contribution in [0.15, 0.2) is 48.8 Å². The average Bonchev–Trinajstić information content (AvgIpc) is 2.75. The molecule has 4 N–H and O–H groups in total. The molecule has 1 saturated heterocycles. The predicted octanol–water partition coefficient (Wildman–Crippen LogP) is 2.03. The maximum absolute atomic E-state index is 5.95. The molecule has 0 atom stereocenters. The fraction of sp³-hybridized carbons (Fsp3) is 0.318. The van der Waals surface area contributed by atoms with Gasteiger partial charge in [-0.15, -0.1) is 0 Å². The van der Waals surface area contributed by atoms with Crippen LogP contribution >= 0.6 is 0 Å². The lowest BCUT2D eigenvalue weighted by Crippen LogP contribution is -2.43. The van der Waals surface area contributed by atoms with Crippen LogP contribution in [0.1, 0.15) is 11.1 Å². The first-order valence-electron chi connectivity index (χ1n) is 10.0. The first kappa shape index (κ1) is 20.1. The molecule has 1 aromatic carbocycles. The number of benzene rings is 1. The van der Waals surface area contributed by atoms with E-state index in [0.29, 0.717) is 18.3 Å². The summed E-state index contributed by atoms with van der Waals surface area (Å²) in [5, 5.41) is 0. The van der Waals surface area contributed by atoms with Crippen LogP contribution in [0.2, 0.25) is 0 Å². The normalized spacial score (nSPS) is 15.2. The van der Waals surface area contributed by atoms with Crippen molar-refractivity contribution in [1.29, 1.82) is 0 Å². The zero-order chi connectivity index (χ0) is 20.9. The van der Waals surface area contributed by atoms with E-state index in [1.165, 1.54) is 5.56 Å². The van der Waals surface area contributed by atoms with Crippen molar-refractivity contribution in [3.63, 3.8) is 0 Å². The molecule has 0 unspecified atom stereocenters. The van der Waals surface area contributed by atoms with E-state index < -0.39 is 0 Å². The summed E-state index contributed by atoms with van der Waals surface area (Å²) in [6, 6.07) is 12.0. The minimum absolute atomic E-state index is 0.257. The number of rotatable bonds is 6. The number of nitrogen functional groups attached to an aromatic ring is 2. The summed E-state index contributed by atoms with van der Waals surface area (Å²) in [7, 11) is 2.17. The SMILES string of the molecule is CN1CCN(Cc2ccc(-c3cnc(N)c(OCc4ccnc(N)c4)n3)cc2)CC1. The minimum Gasteiger partial charge on any atom is -0.470 e. The second-order valence-corrected chi connectivity index (χ2v) is 7.60. The highest BCUT2D eigenvalue weighted by molar-refractivity contribution is 5.61. The van der Waals surface area contributed by atoms with Gasteiger partial charge in [0.1, 0.15) is 12.4 Å². The van der Waals surface area contributed by atoms with Crippen LogP contribution in [0.3, 0.4) is 0 Å². The van der Waals surface area contributed by atoms with Gasteiger partial charge in [0.25, 0.3) is 5.88 Å². The third kappa shape index (κ3) is 5.03. The largest absolute Gasteiger partial charge is 0.470 e. The average molecular weight is 406 g/mol. The minimum atomic E-state index is 0.257. The van der Waals surface area contributed by atoms with E-state index in [1.807, 2.05) is 6.07 Å². The highest BCUT2D eigenvalue weighted by Crippen LogP contribution is 2.24. The first-order valence-corrected chi connectivity index (χ1v) is 10.0. The maximum Gasteiger partial charge on any atom is 0.258 e. The highest BCUT2D eigenvalue weighted by atomic mass is 16.5. The quantitative estimate of drug-likeness (QED) is 0.642. The lowest BCUT2D eigenvalue weighted by atomic mass is 10.1. The zero-order valence-electron chi connectivity index (χ0n) is 17.2. The first-order chi connectivity index (χ1) is 14.6. The van der Waals surface area contributed by atoms with Crippen LogP contribution in [-0.4, -0.2) is 58.0 Å². The summed E-state index contributed by atoms with van der Waals surface area (Å²) in [4.78, 5) is 17.6. The lowest BCUT2D eigenvalue weighted by Gasteiger charge is -2.32. The van der Waals surface area contributed by atoms with Crippen molar-refractivity contribution in [2.75, 3.05) is 44.7 Å². The third-order valence-electron chi connectivity index (χ3n) is 5.24. The van der Waals surface area contributed by atoms with Crippen molar-refractivity contribution in [2.45, 2.75) is 13.2 Å². The van der Waals surface area contributed by atoms with Gasteiger partial charge in [-0.3, -0.25) is 4.90 Å². The Morgan fingerprint density at radius 2 is 1.73 bits per heavy atom. The van der Waals surface area contributed by atoms with E-state index in [4.69, 9.17) is 16.2 Å². The Morgan fingerprint density at radius 1 is 0.967 bits per heavy atom. The van der Waals surface area contributed by atoms with E-state index in [9.17, 15) is 0 Å². The number of aromatic nitrogens is 3. The lowest BCUT2D eigenvalue weighted by molar-refractivity contribution is 0.148. The van der Waals surface area contributed by atoms with Crippen LogP contribution in [0, 0.1) is 0 Å². The number of hydrogen-bond donors (Lipinski definition) is 2. The number of likely N-dealkylation sites (N-methyl/N-ethyl adjacent to an activating group) is 1. The molecule has 0 bridgehead atoms. The van der Waals surface area contributed by atoms with E-state index in [0.717, 1.165) is 49.5 Å². The van der Waals surface area contributed by atoms with Crippen molar-refractivity contribution in [3.05, 3.63) is 59.9 Å². The molecule has 0 spiro atoms. The van der Waals surface area contributed by atoms with E-state index in [-0.39, 0.29) is 5.82 Å². The fourth-order valence-corrected chi connectivity index (χ4v) is 3.41. The molecule has 3 aromatic rings. The van der Waals surface area contributed by atoms with Crippen molar-refractivity contribution in [2.24, 2.45) is 0 Å². The Balaban J connectivity index is 1.42. The molecule has 3 heterocycles. The van der Waals surface area contributed by atoms with Crippen molar-refractivity contribution in [1.82, 2.24) is 24.8 Å². The van der Waals surface area contributed by atoms with Crippen LogP contribution in [-0.2, 0) is 13.2 Å². The van der Waals surface area contributed by atoms with Gasteiger partial charge in [0.2, 0.25) is 0 Å². The van der Waals surface area contributed by atoms with E-state index in [2.05, 4.69) is 56.1 Å². The Labute approximate surface area is 176 Å². The molecule has 8 heteroatoms. The topological polar surface area (TPSA) is 106 Å². The van der Waals surface area contributed by atoms with Crippen molar-refractivity contribution in [3.8, 4) is 17.1 Å². The van der Waals surface area contributed by atoms with Crippen LogP contribution in [0.5, 0.6) is 5.88 Å². The smallest absolute Gasteiger partial charge is 0.258 e. The van der Waals surface area contributed by atoms with Gasteiger partial charge in [0.05, 0.1) is 11.9 Å². The van der Waals surface area contributed by atoms with E-state index >= 15 is 0 Å². The summed E-state index contributed by atoms with van der Waals surface area (Å²) >= 11 is 0. The Bertz CT molecular complexity index is 985. The Hall–Kier alpha value is -3.23. The number of piperazine rings is 1. The van der Waals surface area contributed by atoms with Gasteiger partial charge in [0.15, 0.2) is 5.82 Å². The van der Waals surface area contributed by atoms with Gasteiger partial charge in [-0.2, -0.15) is 0 Å². The summed E-state index contributed by atoms with van der Waals surface area (Å²) in [6.07, 6.45) is 3.31. The summed E-state index contributed by atoms with van der Waals surface area (Å²) in [5.41, 5.74) is 15.5. The number of nitrogens with zero attached hydrogens (tertiary/aromatic N) is 5. The molecule has 1 aliphatic rings. The molecule has 0 aliphatic carbocycles. The monoisotopic (exact) mass is 405 g/mol. The molecule has 1 fully saturated rings. The number of nitrogens with two attached hydrogens (primary N) is 2. The molecule has 0 amide bonds. The summed E-state index contributed by atoms with van der Waals surface area (Å²) < 4.78 is 5.78. The molecular formula is C22H27N7O. The fourth-order valence-electron chi connectivity index (χ4n) is 3.41. The maximum atomic E-state index is 5.95. The molecule has 156 valence electrons. The molecule has 1 aliphatic heterocycles. The second kappa shape index (κ2) is 9.06. The third-order valence-corrected chi connectivity index (χ3v) is 5.24. The molecule has 8 nitrogen and oxygen atoms in total. The molecule has 30 heavy (non-hydrogen) atoms. The Kier molecular flexibility index (Phi) is 6.06. The van der Waals surface area contributed by atoms with Crippen LogP contribution < -0.4 is 16.2 Å². The predicted molar refractivity (Wildman–Crippen MR) is 118 cm³/mol. The van der Waals surface area contributed by atoms with Gasteiger partial charge >= 0.3 is 0 Å². The summed E-state index contributed by atoms with van der Waals surface area (Å²) in [6.45, 7) is 5.70. The van der Waals surface area contributed by atoms with Gasteiger partial charge in [-0.05, 0) is 30.3 Å². The molecule has 4 rings (SSSR count). The molecule has 0 saturated carbocycles.